The quantitative estimate of drug-likeness (QED) is 0.735. The third kappa shape index (κ3) is 5.39. The van der Waals surface area contributed by atoms with Crippen LogP contribution in [0.5, 0.6) is 5.75 Å². The molecule has 1 atom stereocenters. The fourth-order valence-corrected chi connectivity index (χ4v) is 2.93. The number of ether oxygens (including phenoxy) is 1. The molecule has 2 rings (SSSR count). The largest absolute Gasteiger partial charge is 0.495 e. The van der Waals surface area contributed by atoms with E-state index in [0.29, 0.717) is 22.7 Å². The topological polar surface area (TPSA) is 96.5 Å². The van der Waals surface area contributed by atoms with Gasteiger partial charge in [0.15, 0.2) is 0 Å². The molecular formula is C17H21N3O4S. The highest BCUT2D eigenvalue weighted by Crippen LogP contribution is 2.25. The highest BCUT2D eigenvalue weighted by molar-refractivity contribution is 7.92. The van der Waals surface area contributed by atoms with E-state index < -0.39 is 22.1 Å². The van der Waals surface area contributed by atoms with Gasteiger partial charge in [-0.3, -0.25) is 4.72 Å². The average Bonchev–Trinajstić information content (AvgIpc) is 2.54. The number of hydrogen-bond acceptors (Lipinski definition) is 4. The van der Waals surface area contributed by atoms with Crippen LogP contribution >= 0.6 is 0 Å². The van der Waals surface area contributed by atoms with Crippen molar-refractivity contribution in [2.75, 3.05) is 23.4 Å². The molecular weight excluding hydrogens is 342 g/mol. The molecule has 2 aromatic rings. The average molecular weight is 363 g/mol. The Labute approximate surface area is 147 Å². The Morgan fingerprint density at radius 3 is 2.28 bits per heavy atom. The smallest absolute Gasteiger partial charge is 0.319 e. The molecule has 3 N–H and O–H groups in total. The number of sulfonamides is 1. The number of amides is 2. The summed E-state index contributed by atoms with van der Waals surface area (Å²) in [5.74, 6) is 0.546. The molecule has 8 heteroatoms. The molecule has 0 aliphatic rings. The van der Waals surface area contributed by atoms with Crippen LogP contribution in [0.25, 0.3) is 0 Å². The van der Waals surface area contributed by atoms with Gasteiger partial charge in [-0.15, -0.1) is 0 Å². The van der Waals surface area contributed by atoms with Crippen LogP contribution in [0.2, 0.25) is 0 Å². The van der Waals surface area contributed by atoms with Gasteiger partial charge < -0.3 is 15.4 Å². The van der Waals surface area contributed by atoms with E-state index in [4.69, 9.17) is 4.74 Å². The Hall–Kier alpha value is -2.74. The predicted molar refractivity (Wildman–Crippen MR) is 98.5 cm³/mol. The van der Waals surface area contributed by atoms with Crippen LogP contribution in [0.4, 0.5) is 16.2 Å². The molecule has 1 unspecified atom stereocenters. The number of carbonyl (C=O) groups is 1. The van der Waals surface area contributed by atoms with Gasteiger partial charge in [-0.25, -0.2) is 13.2 Å². The van der Waals surface area contributed by atoms with Gasteiger partial charge in [0, 0.05) is 0 Å². The molecule has 0 aromatic heterocycles. The van der Waals surface area contributed by atoms with Gasteiger partial charge >= 0.3 is 6.03 Å². The van der Waals surface area contributed by atoms with Crippen LogP contribution in [-0.2, 0) is 10.0 Å². The van der Waals surface area contributed by atoms with Crippen LogP contribution in [0.3, 0.4) is 0 Å². The Bertz CT molecular complexity index is 852. The summed E-state index contributed by atoms with van der Waals surface area (Å²) in [5.41, 5.74) is 1.62. The summed E-state index contributed by atoms with van der Waals surface area (Å²) < 4.78 is 30.6. The Kier molecular flexibility index (Phi) is 5.87. The van der Waals surface area contributed by atoms with Crippen LogP contribution < -0.4 is 20.1 Å². The zero-order chi connectivity index (χ0) is 18.4. The lowest BCUT2D eigenvalue weighted by Gasteiger charge is -2.19. The van der Waals surface area contributed by atoms with E-state index in [1.807, 2.05) is 0 Å². The maximum atomic E-state index is 12.2. The van der Waals surface area contributed by atoms with E-state index in [2.05, 4.69) is 15.4 Å². The van der Waals surface area contributed by atoms with Crippen molar-refractivity contribution < 1.29 is 17.9 Å². The van der Waals surface area contributed by atoms with E-state index in [-0.39, 0.29) is 0 Å². The lowest BCUT2D eigenvalue weighted by molar-refractivity contribution is 0.249. The third-order valence-corrected chi connectivity index (χ3v) is 4.02. The molecule has 0 heterocycles. The van der Waals surface area contributed by atoms with Crippen molar-refractivity contribution in [1.82, 2.24) is 5.32 Å². The number of rotatable bonds is 6. The molecule has 0 aliphatic carbocycles. The van der Waals surface area contributed by atoms with Crippen molar-refractivity contribution in [3.8, 4) is 5.75 Å². The van der Waals surface area contributed by atoms with Crippen molar-refractivity contribution >= 4 is 27.4 Å². The second kappa shape index (κ2) is 7.89. The molecule has 7 nitrogen and oxygen atoms in total. The van der Waals surface area contributed by atoms with Gasteiger partial charge in [0.25, 0.3) is 0 Å². The van der Waals surface area contributed by atoms with Gasteiger partial charge in [-0.2, -0.15) is 0 Å². The van der Waals surface area contributed by atoms with Gasteiger partial charge in [0.05, 0.1) is 30.8 Å². The molecule has 0 spiro atoms. The highest BCUT2D eigenvalue weighted by Gasteiger charge is 2.15. The van der Waals surface area contributed by atoms with Crippen LogP contribution in [0.1, 0.15) is 18.5 Å². The number of para-hydroxylation sites is 3. The van der Waals surface area contributed by atoms with Gasteiger partial charge in [0.1, 0.15) is 5.75 Å². The number of nitrogens with one attached hydrogen (secondary N) is 3. The lowest BCUT2D eigenvalue weighted by Crippen LogP contribution is -2.31. The van der Waals surface area contributed by atoms with Gasteiger partial charge in [-0.1, -0.05) is 30.3 Å². The number of urea groups is 1. The molecule has 0 saturated carbocycles. The molecule has 0 aliphatic heterocycles. The highest BCUT2D eigenvalue weighted by atomic mass is 32.2. The Balaban J connectivity index is 2.12. The second-order valence-corrected chi connectivity index (χ2v) is 7.23. The molecule has 25 heavy (non-hydrogen) atoms. The normalized spacial score (nSPS) is 12.1. The Morgan fingerprint density at radius 1 is 1.04 bits per heavy atom. The molecule has 2 amide bonds. The summed E-state index contributed by atoms with van der Waals surface area (Å²) in [6, 6.07) is 13.1. The molecule has 0 radical (unpaired) electrons. The maximum absolute atomic E-state index is 12.2. The first-order chi connectivity index (χ1) is 11.8. The van der Waals surface area contributed by atoms with Crippen LogP contribution in [0.15, 0.2) is 48.5 Å². The number of anilines is 2. The summed E-state index contributed by atoms with van der Waals surface area (Å²) in [6.45, 7) is 1.77. The van der Waals surface area contributed by atoms with Crippen molar-refractivity contribution in [2.24, 2.45) is 0 Å². The molecule has 0 fully saturated rings. The second-order valence-electron chi connectivity index (χ2n) is 5.48. The number of methoxy groups -OCH3 is 1. The van der Waals surface area contributed by atoms with E-state index in [1.165, 1.54) is 7.11 Å². The van der Waals surface area contributed by atoms with Crippen molar-refractivity contribution in [3.63, 3.8) is 0 Å². The number of carbonyl (C=O) groups excluding carboxylic acids is 1. The van der Waals surface area contributed by atoms with E-state index in [0.717, 1.165) is 6.26 Å². The first-order valence-electron chi connectivity index (χ1n) is 7.57. The van der Waals surface area contributed by atoms with Gasteiger partial charge in [-0.05, 0) is 30.7 Å². The fourth-order valence-electron chi connectivity index (χ4n) is 2.35. The Morgan fingerprint density at radius 2 is 1.64 bits per heavy atom. The maximum Gasteiger partial charge on any atom is 0.319 e. The zero-order valence-corrected chi connectivity index (χ0v) is 15.1. The van der Waals surface area contributed by atoms with Crippen molar-refractivity contribution in [2.45, 2.75) is 13.0 Å². The summed E-state index contributed by atoms with van der Waals surface area (Å²) in [6.07, 6.45) is 1.08. The van der Waals surface area contributed by atoms with Gasteiger partial charge in [0.2, 0.25) is 10.0 Å². The molecule has 2 aromatic carbocycles. The molecule has 0 bridgehead atoms. The summed E-state index contributed by atoms with van der Waals surface area (Å²) in [4.78, 5) is 12.2. The minimum absolute atomic E-state index is 0.417. The summed E-state index contributed by atoms with van der Waals surface area (Å²) in [7, 11) is -1.89. The number of hydrogen-bond donors (Lipinski definition) is 3. The zero-order valence-electron chi connectivity index (χ0n) is 14.2. The molecule has 134 valence electrons. The first kappa shape index (κ1) is 18.6. The standard InChI is InChI=1S/C17H21N3O4S/c1-12(13-8-4-5-9-14(13)20-25(3,22)23)18-17(21)19-15-10-6-7-11-16(15)24-2/h4-12,20H,1-3H3,(H2,18,19,21). The lowest BCUT2D eigenvalue weighted by atomic mass is 10.1. The van der Waals surface area contributed by atoms with Crippen molar-refractivity contribution in [1.29, 1.82) is 0 Å². The van der Waals surface area contributed by atoms with E-state index >= 15 is 0 Å². The van der Waals surface area contributed by atoms with E-state index in [1.54, 1.807) is 55.5 Å². The minimum atomic E-state index is -3.41. The van der Waals surface area contributed by atoms with Crippen LogP contribution in [-0.4, -0.2) is 27.8 Å². The minimum Gasteiger partial charge on any atom is -0.495 e. The van der Waals surface area contributed by atoms with Crippen LogP contribution in [0, 0.1) is 0 Å². The predicted octanol–water partition coefficient (Wildman–Crippen LogP) is 2.95. The first-order valence-corrected chi connectivity index (χ1v) is 9.46. The SMILES string of the molecule is COc1ccccc1NC(=O)NC(C)c1ccccc1NS(C)(=O)=O. The van der Waals surface area contributed by atoms with Crippen molar-refractivity contribution in [3.05, 3.63) is 54.1 Å². The third-order valence-electron chi connectivity index (χ3n) is 3.43. The summed E-state index contributed by atoms with van der Waals surface area (Å²) in [5, 5.41) is 5.50. The summed E-state index contributed by atoms with van der Waals surface area (Å²) >= 11 is 0. The number of benzene rings is 2. The monoisotopic (exact) mass is 363 g/mol. The fraction of sp³-hybridized carbons (Fsp3) is 0.235. The van der Waals surface area contributed by atoms with E-state index in [9.17, 15) is 13.2 Å². The molecule has 0 saturated heterocycles.